The van der Waals surface area contributed by atoms with Crippen molar-refractivity contribution in [3.05, 3.63) is 71.8 Å². The maximum absolute atomic E-state index is 12.7. The number of carbonyl (C=O) groups is 3. The molecule has 7 nitrogen and oxygen atoms in total. The highest BCUT2D eigenvalue weighted by Crippen LogP contribution is 2.34. The molecule has 0 radical (unpaired) electrons. The molecule has 5 atom stereocenters. The van der Waals surface area contributed by atoms with Crippen molar-refractivity contribution in [1.29, 1.82) is 0 Å². The second-order valence-corrected chi connectivity index (χ2v) is 8.22. The van der Waals surface area contributed by atoms with E-state index in [0.717, 1.165) is 0 Å². The third kappa shape index (κ3) is 5.82. The predicted molar refractivity (Wildman–Crippen MR) is 120 cm³/mol. The number of benzene rings is 2. The molecular formula is C23H23ClO7S. The minimum absolute atomic E-state index is 0.0269. The molecular weight excluding hydrogens is 456 g/mol. The van der Waals surface area contributed by atoms with Gasteiger partial charge >= 0.3 is 17.9 Å². The van der Waals surface area contributed by atoms with Crippen LogP contribution in [0.25, 0.3) is 0 Å². The summed E-state index contributed by atoms with van der Waals surface area (Å²) in [5.74, 6) is -1.90. The average Bonchev–Trinajstić information content (AvgIpc) is 2.81. The smallest absolute Gasteiger partial charge is 0.338 e. The third-order valence-electron chi connectivity index (χ3n) is 4.78. The van der Waals surface area contributed by atoms with Crippen LogP contribution in [0.5, 0.6) is 0 Å². The molecule has 1 saturated heterocycles. The lowest BCUT2D eigenvalue weighted by Gasteiger charge is -2.43. The first kappa shape index (κ1) is 24.1. The molecule has 0 spiro atoms. The largest absolute Gasteiger partial charge is 0.454 e. The molecule has 0 bridgehead atoms. The van der Waals surface area contributed by atoms with E-state index in [0.29, 0.717) is 11.1 Å². The fourth-order valence-electron chi connectivity index (χ4n) is 3.32. The molecule has 0 aliphatic carbocycles. The van der Waals surface area contributed by atoms with E-state index in [1.54, 1.807) is 66.9 Å². The molecule has 1 aliphatic heterocycles. The van der Waals surface area contributed by atoms with Gasteiger partial charge in [0.2, 0.25) is 0 Å². The molecule has 0 saturated carbocycles. The minimum atomic E-state index is -1.11. The molecule has 9 heteroatoms. The molecule has 1 heterocycles. The second kappa shape index (κ2) is 11.4. The molecule has 2 aromatic rings. The van der Waals surface area contributed by atoms with Crippen LogP contribution in [-0.2, 0) is 23.7 Å². The van der Waals surface area contributed by atoms with Crippen molar-refractivity contribution < 1.29 is 33.3 Å². The van der Waals surface area contributed by atoms with Crippen molar-refractivity contribution in [1.82, 2.24) is 0 Å². The lowest BCUT2D eigenvalue weighted by atomic mass is 9.99. The zero-order valence-corrected chi connectivity index (χ0v) is 19.1. The van der Waals surface area contributed by atoms with Gasteiger partial charge in [-0.05, 0) is 30.5 Å². The summed E-state index contributed by atoms with van der Waals surface area (Å²) in [5, 5.41) is 0. The Morgan fingerprint density at radius 2 is 1.34 bits per heavy atom. The van der Waals surface area contributed by atoms with Gasteiger partial charge in [0, 0.05) is 6.92 Å². The Labute approximate surface area is 195 Å². The molecule has 0 N–H and O–H groups in total. The summed E-state index contributed by atoms with van der Waals surface area (Å²) < 4.78 is 22.9. The van der Waals surface area contributed by atoms with Crippen LogP contribution in [0, 0.1) is 0 Å². The van der Waals surface area contributed by atoms with Crippen LogP contribution >= 0.6 is 23.4 Å². The minimum Gasteiger partial charge on any atom is -0.454 e. The van der Waals surface area contributed by atoms with E-state index in [9.17, 15) is 14.4 Å². The molecule has 1 fully saturated rings. The summed E-state index contributed by atoms with van der Waals surface area (Å²) in [6, 6.07) is 16.8. The van der Waals surface area contributed by atoms with E-state index in [1.165, 1.54) is 18.7 Å². The molecule has 3 rings (SSSR count). The van der Waals surface area contributed by atoms with Crippen molar-refractivity contribution in [2.45, 2.75) is 36.8 Å². The highest BCUT2D eigenvalue weighted by atomic mass is 35.5. The number of ether oxygens (including phenoxy) is 4. The summed E-state index contributed by atoms with van der Waals surface area (Å²) in [5.41, 5.74) is -0.0547. The van der Waals surface area contributed by atoms with Crippen LogP contribution in [0.15, 0.2) is 60.7 Å². The monoisotopic (exact) mass is 478 g/mol. The molecule has 0 amide bonds. The number of hydrogen-bond donors (Lipinski definition) is 0. The van der Waals surface area contributed by atoms with E-state index in [1.807, 2.05) is 0 Å². The zero-order chi connectivity index (χ0) is 23.1. The van der Waals surface area contributed by atoms with Crippen molar-refractivity contribution in [3.8, 4) is 0 Å². The van der Waals surface area contributed by atoms with E-state index >= 15 is 0 Å². The number of carbonyl (C=O) groups excluding carboxylic acids is 3. The van der Waals surface area contributed by atoms with Gasteiger partial charge in [-0.1, -0.05) is 36.4 Å². The summed E-state index contributed by atoms with van der Waals surface area (Å²) in [7, 11) is 0. The Morgan fingerprint density at radius 3 is 1.78 bits per heavy atom. The maximum Gasteiger partial charge on any atom is 0.338 e. The fraction of sp³-hybridized carbons (Fsp3) is 0.348. The third-order valence-corrected chi connectivity index (χ3v) is 5.93. The van der Waals surface area contributed by atoms with Crippen LogP contribution in [-0.4, -0.2) is 59.9 Å². The van der Waals surface area contributed by atoms with Crippen LogP contribution in [0.1, 0.15) is 27.6 Å². The van der Waals surface area contributed by atoms with Gasteiger partial charge in [0.15, 0.2) is 18.3 Å². The normalized spacial score (nSPS) is 24.9. The summed E-state index contributed by atoms with van der Waals surface area (Å²) in [6.07, 6.45) is -2.24. The van der Waals surface area contributed by atoms with Gasteiger partial charge in [-0.15, -0.1) is 23.4 Å². The highest BCUT2D eigenvalue weighted by Gasteiger charge is 2.51. The summed E-state index contributed by atoms with van der Waals surface area (Å²) in [4.78, 5) is 37.4. The Hall–Kier alpha value is -2.55. The number of hydrogen-bond acceptors (Lipinski definition) is 8. The van der Waals surface area contributed by atoms with Gasteiger partial charge in [-0.25, -0.2) is 9.59 Å². The number of thioether (sulfide) groups is 1. The fourth-order valence-corrected chi connectivity index (χ4v) is 4.30. The number of alkyl halides is 1. The van der Waals surface area contributed by atoms with Crippen molar-refractivity contribution in [2.75, 3.05) is 12.1 Å². The van der Waals surface area contributed by atoms with E-state index in [2.05, 4.69) is 0 Å². The Balaban J connectivity index is 1.91. The van der Waals surface area contributed by atoms with Gasteiger partial charge in [0.1, 0.15) is 11.5 Å². The van der Waals surface area contributed by atoms with Gasteiger partial charge in [-0.2, -0.15) is 0 Å². The second-order valence-electron chi connectivity index (χ2n) is 6.98. The van der Waals surface area contributed by atoms with Gasteiger partial charge in [-0.3, -0.25) is 4.79 Å². The quantitative estimate of drug-likeness (QED) is 0.338. The van der Waals surface area contributed by atoms with Crippen LogP contribution in [0.4, 0.5) is 0 Å². The molecule has 1 aliphatic rings. The van der Waals surface area contributed by atoms with Gasteiger partial charge < -0.3 is 18.9 Å². The Bertz CT molecular complexity index is 857. The SMILES string of the molecule is CSC1O[C@H](CCl)[C@@H](OC(=O)c2ccccc2)[C@H](OC(C)=O)[C@H]1OC(=O)c1ccccc1. The molecule has 1 unspecified atom stereocenters. The topological polar surface area (TPSA) is 88.1 Å². The number of halogens is 1. The first-order valence-corrected chi connectivity index (χ1v) is 11.7. The molecule has 170 valence electrons. The Kier molecular flexibility index (Phi) is 8.55. The van der Waals surface area contributed by atoms with Gasteiger partial charge in [0.05, 0.1) is 17.0 Å². The predicted octanol–water partition coefficient (Wildman–Crippen LogP) is 3.70. The lowest BCUT2D eigenvalue weighted by Crippen LogP contribution is -2.61. The summed E-state index contributed by atoms with van der Waals surface area (Å²) >= 11 is 7.37. The lowest BCUT2D eigenvalue weighted by molar-refractivity contribution is -0.210. The van der Waals surface area contributed by atoms with Crippen LogP contribution in [0.2, 0.25) is 0 Å². The number of esters is 3. The summed E-state index contributed by atoms with van der Waals surface area (Å²) in [6.45, 7) is 1.23. The first-order chi connectivity index (χ1) is 15.4. The number of rotatable bonds is 7. The standard InChI is InChI=1S/C23H23ClO7S/c1-14(25)28-19-18(30-21(26)15-9-5-3-6-10-15)17(13-24)29-23(32-2)20(19)31-22(27)16-11-7-4-8-12-16/h3-12,17-20,23H,13H2,1-2H3/t17-,18-,19+,20-,23?/m1/s1. The van der Waals surface area contributed by atoms with Crippen LogP contribution < -0.4 is 0 Å². The molecule has 32 heavy (non-hydrogen) atoms. The maximum atomic E-state index is 12.7. The highest BCUT2D eigenvalue weighted by molar-refractivity contribution is 7.99. The average molecular weight is 479 g/mol. The van der Waals surface area contributed by atoms with Crippen molar-refractivity contribution >= 4 is 41.3 Å². The first-order valence-electron chi connectivity index (χ1n) is 9.88. The van der Waals surface area contributed by atoms with E-state index in [-0.39, 0.29) is 5.88 Å². The van der Waals surface area contributed by atoms with Crippen LogP contribution in [0.3, 0.4) is 0 Å². The van der Waals surface area contributed by atoms with Crippen molar-refractivity contribution in [2.24, 2.45) is 0 Å². The van der Waals surface area contributed by atoms with E-state index < -0.39 is 47.8 Å². The Morgan fingerprint density at radius 1 is 0.844 bits per heavy atom. The van der Waals surface area contributed by atoms with Gasteiger partial charge in [0.25, 0.3) is 0 Å². The van der Waals surface area contributed by atoms with Crippen molar-refractivity contribution in [3.63, 3.8) is 0 Å². The van der Waals surface area contributed by atoms with E-state index in [4.69, 9.17) is 30.5 Å². The molecule has 0 aromatic heterocycles. The zero-order valence-electron chi connectivity index (χ0n) is 17.5. The molecule has 2 aromatic carbocycles.